The average Bonchev–Trinajstić information content (AvgIpc) is 2.39. The van der Waals surface area contributed by atoms with Gasteiger partial charge in [-0.2, -0.15) is 0 Å². The van der Waals surface area contributed by atoms with E-state index >= 15 is 0 Å². The second-order valence-corrected chi connectivity index (χ2v) is 7.86. The fourth-order valence-corrected chi connectivity index (χ4v) is 5.23. The lowest BCUT2D eigenvalue weighted by atomic mass is 9.87. The summed E-state index contributed by atoms with van der Waals surface area (Å²) in [7, 11) is -1.23. The Hall–Kier alpha value is -0.870. The van der Waals surface area contributed by atoms with Gasteiger partial charge in [-0.15, -0.1) is 0 Å². The predicted molar refractivity (Wildman–Crippen MR) is 78.7 cm³/mol. The van der Waals surface area contributed by atoms with E-state index in [4.69, 9.17) is 0 Å². The van der Waals surface area contributed by atoms with Crippen molar-refractivity contribution in [2.75, 3.05) is 7.05 Å². The summed E-state index contributed by atoms with van der Waals surface area (Å²) in [5, 5.41) is 2.94. The van der Waals surface area contributed by atoms with Crippen molar-refractivity contribution in [3.8, 4) is 0 Å². The molecule has 0 amide bonds. The van der Waals surface area contributed by atoms with Crippen LogP contribution in [0.2, 0.25) is 0 Å². The molecule has 3 unspecified atom stereocenters. The lowest BCUT2D eigenvalue weighted by Crippen LogP contribution is -2.46. The molecule has 1 aromatic carbocycles. The normalized spacial score (nSPS) is 28.2. The Labute approximate surface area is 116 Å². The van der Waals surface area contributed by atoms with E-state index in [-0.39, 0.29) is 17.0 Å². The molecule has 2 rings (SSSR count). The first-order chi connectivity index (χ1) is 9.03. The Morgan fingerprint density at radius 2 is 1.89 bits per heavy atom. The van der Waals surface area contributed by atoms with E-state index in [1.54, 1.807) is 0 Å². The third-order valence-electron chi connectivity index (χ3n) is 4.10. The van der Waals surface area contributed by atoms with E-state index < -0.39 is 9.84 Å². The SMILES string of the molecule is CNC1CCC(C)CC1S(=O)(=O)Cc1ccccc1. The molecule has 3 atom stereocenters. The molecule has 1 N–H and O–H groups in total. The van der Waals surface area contributed by atoms with Gasteiger partial charge in [0.1, 0.15) is 0 Å². The zero-order chi connectivity index (χ0) is 13.9. The lowest BCUT2D eigenvalue weighted by molar-refractivity contribution is 0.319. The van der Waals surface area contributed by atoms with Gasteiger partial charge in [-0.3, -0.25) is 0 Å². The Kier molecular flexibility index (Phi) is 4.63. The molecular formula is C15H23NO2S. The number of nitrogens with one attached hydrogen (secondary N) is 1. The first kappa shape index (κ1) is 14.5. The Morgan fingerprint density at radius 3 is 2.53 bits per heavy atom. The maximum Gasteiger partial charge on any atom is 0.158 e. The van der Waals surface area contributed by atoms with Crippen molar-refractivity contribution in [2.24, 2.45) is 5.92 Å². The highest BCUT2D eigenvalue weighted by atomic mass is 32.2. The van der Waals surface area contributed by atoms with E-state index in [0.29, 0.717) is 5.92 Å². The van der Waals surface area contributed by atoms with Gasteiger partial charge >= 0.3 is 0 Å². The van der Waals surface area contributed by atoms with Crippen LogP contribution < -0.4 is 5.32 Å². The summed E-state index contributed by atoms with van der Waals surface area (Å²) in [6.45, 7) is 2.15. The molecule has 0 radical (unpaired) electrons. The minimum atomic E-state index is -3.09. The highest BCUT2D eigenvalue weighted by Crippen LogP contribution is 2.30. The molecule has 1 saturated carbocycles. The smallest absolute Gasteiger partial charge is 0.158 e. The summed E-state index contributed by atoms with van der Waals surface area (Å²) in [4.78, 5) is 0. The molecular weight excluding hydrogens is 258 g/mol. The fraction of sp³-hybridized carbons (Fsp3) is 0.600. The monoisotopic (exact) mass is 281 g/mol. The van der Waals surface area contributed by atoms with Gasteiger partial charge in [0.2, 0.25) is 0 Å². The Balaban J connectivity index is 2.17. The van der Waals surface area contributed by atoms with Crippen molar-refractivity contribution in [1.29, 1.82) is 0 Å². The highest BCUT2D eigenvalue weighted by molar-refractivity contribution is 7.91. The first-order valence-corrected chi connectivity index (χ1v) is 8.67. The predicted octanol–water partition coefficient (Wildman–Crippen LogP) is 2.38. The maximum absolute atomic E-state index is 12.6. The van der Waals surface area contributed by atoms with Gasteiger partial charge in [0, 0.05) is 6.04 Å². The average molecular weight is 281 g/mol. The van der Waals surface area contributed by atoms with Crippen LogP contribution in [0.4, 0.5) is 0 Å². The van der Waals surface area contributed by atoms with Crippen LogP contribution >= 0.6 is 0 Å². The van der Waals surface area contributed by atoms with Gasteiger partial charge < -0.3 is 5.32 Å². The molecule has 1 fully saturated rings. The Morgan fingerprint density at radius 1 is 1.21 bits per heavy atom. The first-order valence-electron chi connectivity index (χ1n) is 6.95. The molecule has 19 heavy (non-hydrogen) atoms. The number of rotatable bonds is 4. The zero-order valence-corrected chi connectivity index (χ0v) is 12.5. The molecule has 106 valence electrons. The van der Waals surface area contributed by atoms with Gasteiger partial charge in [0.05, 0.1) is 11.0 Å². The zero-order valence-electron chi connectivity index (χ0n) is 11.7. The fourth-order valence-electron chi connectivity index (χ4n) is 2.97. The quantitative estimate of drug-likeness (QED) is 0.921. The second kappa shape index (κ2) is 6.06. The molecule has 4 heteroatoms. The topological polar surface area (TPSA) is 46.2 Å². The van der Waals surface area contributed by atoms with Crippen LogP contribution in [-0.2, 0) is 15.6 Å². The van der Waals surface area contributed by atoms with Crippen LogP contribution in [0.5, 0.6) is 0 Å². The van der Waals surface area contributed by atoms with E-state index in [1.807, 2.05) is 37.4 Å². The van der Waals surface area contributed by atoms with Crippen LogP contribution in [0, 0.1) is 5.92 Å². The summed E-state index contributed by atoms with van der Waals surface area (Å²) in [6, 6.07) is 9.57. The van der Waals surface area contributed by atoms with Crippen molar-refractivity contribution in [2.45, 2.75) is 43.2 Å². The number of hydrogen-bond acceptors (Lipinski definition) is 3. The molecule has 0 heterocycles. The minimum Gasteiger partial charge on any atom is -0.316 e. The third kappa shape index (κ3) is 3.57. The van der Waals surface area contributed by atoms with Crippen LogP contribution in [-0.4, -0.2) is 26.8 Å². The summed E-state index contributed by atoms with van der Waals surface area (Å²) in [5.41, 5.74) is 0.885. The maximum atomic E-state index is 12.6. The van der Waals surface area contributed by atoms with Crippen LogP contribution in [0.25, 0.3) is 0 Å². The molecule has 0 aliphatic heterocycles. The van der Waals surface area contributed by atoms with Crippen LogP contribution in [0.15, 0.2) is 30.3 Å². The van der Waals surface area contributed by atoms with Crippen molar-refractivity contribution in [3.63, 3.8) is 0 Å². The third-order valence-corrected chi connectivity index (χ3v) is 6.28. The number of benzene rings is 1. The van der Waals surface area contributed by atoms with Crippen molar-refractivity contribution in [3.05, 3.63) is 35.9 Å². The van der Waals surface area contributed by atoms with E-state index in [0.717, 1.165) is 24.8 Å². The van der Waals surface area contributed by atoms with Gasteiger partial charge in [0.15, 0.2) is 9.84 Å². The van der Waals surface area contributed by atoms with Gasteiger partial charge in [0.25, 0.3) is 0 Å². The van der Waals surface area contributed by atoms with Crippen molar-refractivity contribution in [1.82, 2.24) is 5.32 Å². The van der Waals surface area contributed by atoms with Gasteiger partial charge in [-0.1, -0.05) is 37.3 Å². The van der Waals surface area contributed by atoms with E-state index in [2.05, 4.69) is 12.2 Å². The standard InChI is InChI=1S/C15H23NO2S/c1-12-8-9-14(16-2)15(10-12)19(17,18)11-13-6-4-3-5-7-13/h3-7,12,14-16H,8-11H2,1-2H3. The molecule has 0 bridgehead atoms. The van der Waals surface area contributed by atoms with Gasteiger partial charge in [-0.25, -0.2) is 8.42 Å². The van der Waals surface area contributed by atoms with E-state index in [9.17, 15) is 8.42 Å². The molecule has 0 aromatic heterocycles. The summed E-state index contributed by atoms with van der Waals surface area (Å²) >= 11 is 0. The lowest BCUT2D eigenvalue weighted by Gasteiger charge is -2.34. The largest absolute Gasteiger partial charge is 0.316 e. The summed E-state index contributed by atoms with van der Waals surface area (Å²) in [5.74, 6) is 0.656. The molecule has 3 nitrogen and oxygen atoms in total. The number of sulfone groups is 1. The summed E-state index contributed by atoms with van der Waals surface area (Å²) < 4.78 is 25.3. The Bertz CT molecular complexity index is 498. The highest BCUT2D eigenvalue weighted by Gasteiger charge is 2.36. The number of hydrogen-bond donors (Lipinski definition) is 1. The molecule has 0 spiro atoms. The van der Waals surface area contributed by atoms with Crippen molar-refractivity contribution < 1.29 is 8.42 Å². The molecule has 1 aromatic rings. The van der Waals surface area contributed by atoms with Crippen LogP contribution in [0.3, 0.4) is 0 Å². The van der Waals surface area contributed by atoms with Crippen LogP contribution in [0.1, 0.15) is 31.7 Å². The minimum absolute atomic E-state index is 0.102. The summed E-state index contributed by atoms with van der Waals surface area (Å²) in [6.07, 6.45) is 2.85. The molecule has 0 saturated heterocycles. The molecule has 1 aliphatic carbocycles. The second-order valence-electron chi connectivity index (χ2n) is 5.64. The molecule has 1 aliphatic rings. The van der Waals surface area contributed by atoms with Gasteiger partial charge in [-0.05, 0) is 37.8 Å². The van der Waals surface area contributed by atoms with Crippen molar-refractivity contribution >= 4 is 9.84 Å². The van der Waals surface area contributed by atoms with E-state index in [1.165, 1.54) is 0 Å².